The maximum atomic E-state index is 12.7. The Morgan fingerprint density at radius 2 is 2.12 bits per heavy atom. The number of nitrogens with zero attached hydrogens (tertiary/aromatic N) is 2. The van der Waals surface area contributed by atoms with Gasteiger partial charge in [0.25, 0.3) is 11.7 Å². The second-order valence-corrected chi connectivity index (χ2v) is 2.91. The molecule has 0 fully saturated rings. The highest BCUT2D eigenvalue weighted by atomic mass is 35.5. The fourth-order valence-corrected chi connectivity index (χ4v) is 1.15. The number of carbonyl (C=O) groups is 1. The Morgan fingerprint density at radius 1 is 1.56 bits per heavy atom. The van der Waals surface area contributed by atoms with Gasteiger partial charge in [0.2, 0.25) is 11.6 Å². The molecule has 0 atom stereocenters. The molecule has 0 aliphatic carbocycles. The van der Waals surface area contributed by atoms with Crippen LogP contribution in [0, 0.1) is 16.1 Å². The summed E-state index contributed by atoms with van der Waals surface area (Å²) in [7, 11) is 0. The first-order valence-electron chi connectivity index (χ1n) is 3.67. The van der Waals surface area contributed by atoms with E-state index in [0.29, 0.717) is 0 Å². The lowest BCUT2D eigenvalue weighted by molar-refractivity contribution is -0.386. The van der Waals surface area contributed by atoms with E-state index >= 15 is 0 Å². The highest BCUT2D eigenvalue weighted by Crippen LogP contribution is 2.32. The van der Waals surface area contributed by atoms with Crippen LogP contribution in [0.2, 0.25) is 0 Å². The average Bonchev–Trinajstić information content (AvgIpc) is 2.15. The van der Waals surface area contributed by atoms with Gasteiger partial charge in [-0.25, -0.2) is 13.8 Å². The van der Waals surface area contributed by atoms with Crippen molar-refractivity contribution < 1.29 is 22.9 Å². The second kappa shape index (κ2) is 4.44. The van der Waals surface area contributed by atoms with E-state index < -0.39 is 39.5 Å². The van der Waals surface area contributed by atoms with Crippen LogP contribution in [0.4, 0.5) is 18.9 Å². The summed E-state index contributed by atoms with van der Waals surface area (Å²) in [6.45, 7) is 0. The van der Waals surface area contributed by atoms with E-state index in [4.69, 9.17) is 11.6 Å². The third kappa shape index (κ3) is 2.27. The lowest BCUT2D eigenvalue weighted by Crippen LogP contribution is -2.07. The minimum Gasteiger partial charge on any atom is -0.274 e. The molecule has 0 radical (unpaired) electrons. The molecule has 0 aromatic carbocycles. The summed E-state index contributed by atoms with van der Waals surface area (Å²) in [5.74, 6) is -1.44. The molecule has 0 bridgehead atoms. The molecule has 1 aromatic heterocycles. The van der Waals surface area contributed by atoms with E-state index in [2.05, 4.69) is 4.98 Å². The Balaban J connectivity index is 3.60. The molecule has 1 rings (SSSR count). The van der Waals surface area contributed by atoms with Crippen molar-refractivity contribution in [1.29, 1.82) is 0 Å². The van der Waals surface area contributed by atoms with Crippen molar-refractivity contribution in [3.63, 3.8) is 0 Å². The quantitative estimate of drug-likeness (QED) is 0.359. The molecular weight excluding hydrogens is 253 g/mol. The molecule has 0 saturated heterocycles. The van der Waals surface area contributed by atoms with Gasteiger partial charge < -0.3 is 0 Å². The van der Waals surface area contributed by atoms with Crippen LogP contribution in [0.25, 0.3) is 0 Å². The molecule has 0 aliphatic rings. The number of aromatic nitrogens is 1. The summed E-state index contributed by atoms with van der Waals surface area (Å²) in [5.41, 5.74) is -3.65. The number of carbonyl (C=O) groups excluding carboxylic acids is 1. The van der Waals surface area contributed by atoms with Crippen molar-refractivity contribution in [2.45, 2.75) is 6.43 Å². The maximum absolute atomic E-state index is 12.7. The van der Waals surface area contributed by atoms with Crippen molar-refractivity contribution in [3.8, 4) is 0 Å². The summed E-state index contributed by atoms with van der Waals surface area (Å²) in [6, 6.07) is 0.187. The summed E-state index contributed by atoms with van der Waals surface area (Å²) in [4.78, 5) is 22.7. The van der Waals surface area contributed by atoms with E-state index in [1.54, 1.807) is 0 Å². The predicted molar refractivity (Wildman–Crippen MR) is 46.0 cm³/mol. The lowest BCUT2D eigenvalue weighted by atomic mass is 10.2. The Morgan fingerprint density at radius 3 is 2.50 bits per heavy atom. The van der Waals surface area contributed by atoms with Crippen LogP contribution in [0.5, 0.6) is 0 Å². The molecule has 5 nitrogen and oxygen atoms in total. The molecule has 0 saturated carbocycles. The minimum atomic E-state index is -3.31. The zero-order valence-corrected chi connectivity index (χ0v) is 8.04. The van der Waals surface area contributed by atoms with Gasteiger partial charge in [0.15, 0.2) is 0 Å². The summed E-state index contributed by atoms with van der Waals surface area (Å²) in [5, 5.41) is 8.98. The predicted octanol–water partition coefficient (Wildman–Crippen LogP) is 2.45. The first-order chi connectivity index (χ1) is 7.34. The van der Waals surface area contributed by atoms with Crippen LogP contribution < -0.4 is 0 Å². The van der Waals surface area contributed by atoms with E-state index in [0.717, 1.165) is 0 Å². The number of alkyl halides is 2. The van der Waals surface area contributed by atoms with Crippen molar-refractivity contribution in [3.05, 3.63) is 33.4 Å². The molecular formula is C7H2ClF3N2O3. The van der Waals surface area contributed by atoms with Gasteiger partial charge in [-0.05, 0) is 11.6 Å². The van der Waals surface area contributed by atoms with Crippen LogP contribution >= 0.6 is 11.6 Å². The summed E-state index contributed by atoms with van der Waals surface area (Å²) in [6.07, 6.45) is -3.31. The van der Waals surface area contributed by atoms with Crippen molar-refractivity contribution in [1.82, 2.24) is 4.98 Å². The highest BCUT2D eigenvalue weighted by Gasteiger charge is 2.31. The molecule has 1 heterocycles. The third-order valence-electron chi connectivity index (χ3n) is 1.59. The van der Waals surface area contributed by atoms with E-state index in [1.165, 1.54) is 0 Å². The smallest absolute Gasteiger partial charge is 0.274 e. The van der Waals surface area contributed by atoms with E-state index in [1.807, 2.05) is 0 Å². The normalized spacial score (nSPS) is 10.6. The van der Waals surface area contributed by atoms with Crippen LogP contribution in [0.1, 0.15) is 22.5 Å². The Kier molecular flexibility index (Phi) is 3.43. The monoisotopic (exact) mass is 254 g/mol. The molecule has 0 aliphatic heterocycles. The number of rotatable bonds is 3. The highest BCUT2D eigenvalue weighted by molar-refractivity contribution is 6.67. The molecule has 16 heavy (non-hydrogen) atoms. The molecule has 0 amide bonds. The fraction of sp³-hybridized carbons (Fsp3) is 0.143. The zero-order valence-electron chi connectivity index (χ0n) is 7.29. The van der Waals surface area contributed by atoms with Gasteiger partial charge >= 0.3 is 5.69 Å². The second-order valence-electron chi connectivity index (χ2n) is 2.56. The molecule has 9 heteroatoms. The van der Waals surface area contributed by atoms with Crippen molar-refractivity contribution in [2.24, 2.45) is 0 Å². The van der Waals surface area contributed by atoms with E-state index in [9.17, 15) is 28.1 Å². The van der Waals surface area contributed by atoms with Crippen molar-refractivity contribution in [2.75, 3.05) is 0 Å². The SMILES string of the molecule is O=C(Cl)c1nc(F)cc(C(F)F)c1[N+](=O)[O-]. The van der Waals surface area contributed by atoms with Crippen LogP contribution in [0.3, 0.4) is 0 Å². The van der Waals surface area contributed by atoms with Gasteiger partial charge in [-0.1, -0.05) is 0 Å². The summed E-state index contributed by atoms with van der Waals surface area (Å²) < 4.78 is 37.4. The largest absolute Gasteiger partial charge is 0.309 e. The Labute approximate surface area is 91.0 Å². The number of hydrogen-bond acceptors (Lipinski definition) is 4. The van der Waals surface area contributed by atoms with Gasteiger partial charge in [-0.3, -0.25) is 14.9 Å². The van der Waals surface area contributed by atoms with Crippen LogP contribution in [0.15, 0.2) is 6.07 Å². The van der Waals surface area contributed by atoms with Gasteiger partial charge in [0, 0.05) is 6.07 Å². The number of pyridine rings is 1. The standard InChI is InChI=1S/C7H2ClF3N2O3/c8-6(14)4-5(13(15)16)2(7(10)11)1-3(9)12-4/h1,7H. The van der Waals surface area contributed by atoms with Gasteiger partial charge in [-0.2, -0.15) is 4.39 Å². The van der Waals surface area contributed by atoms with Crippen molar-refractivity contribution >= 4 is 22.5 Å². The first kappa shape index (κ1) is 12.4. The van der Waals surface area contributed by atoms with Gasteiger partial charge in [0.1, 0.15) is 5.56 Å². The topological polar surface area (TPSA) is 73.1 Å². The Hall–Kier alpha value is -1.70. The number of halogens is 4. The van der Waals surface area contributed by atoms with Crippen LogP contribution in [-0.2, 0) is 0 Å². The molecule has 86 valence electrons. The molecule has 0 unspecified atom stereocenters. The summed E-state index contributed by atoms with van der Waals surface area (Å²) >= 11 is 4.88. The average molecular weight is 255 g/mol. The molecule has 1 aromatic rings. The molecule has 0 N–H and O–H groups in total. The van der Waals surface area contributed by atoms with Crippen LogP contribution in [-0.4, -0.2) is 15.1 Å². The first-order valence-corrected chi connectivity index (χ1v) is 4.05. The van der Waals surface area contributed by atoms with Gasteiger partial charge in [-0.15, -0.1) is 0 Å². The van der Waals surface area contributed by atoms with Gasteiger partial charge in [0.05, 0.1) is 4.92 Å². The number of hydrogen-bond donors (Lipinski definition) is 0. The number of nitro groups is 1. The van der Waals surface area contributed by atoms with E-state index in [-0.39, 0.29) is 6.07 Å². The lowest BCUT2D eigenvalue weighted by Gasteiger charge is -2.03. The fourth-order valence-electron chi connectivity index (χ4n) is 1.02. The minimum absolute atomic E-state index is 0.187. The Bertz CT molecular complexity index is 466. The maximum Gasteiger partial charge on any atom is 0.309 e. The third-order valence-corrected chi connectivity index (χ3v) is 1.77. The molecule has 0 spiro atoms. The zero-order chi connectivity index (χ0) is 12.5.